The van der Waals surface area contributed by atoms with Crippen LogP contribution in [0.15, 0.2) is 0 Å². The number of aryl methyl sites for hydroxylation is 1. The molecule has 1 fully saturated rings. The van der Waals surface area contributed by atoms with Crippen LogP contribution in [-0.2, 0) is 4.74 Å². The molecule has 0 saturated carbocycles. The highest BCUT2D eigenvalue weighted by molar-refractivity contribution is 7.80. The lowest BCUT2D eigenvalue weighted by Crippen LogP contribution is -2.44. The third kappa shape index (κ3) is 3.97. The summed E-state index contributed by atoms with van der Waals surface area (Å²) in [5, 5.41) is 7.85. The van der Waals surface area contributed by atoms with Gasteiger partial charge in [0.1, 0.15) is 5.00 Å². The summed E-state index contributed by atoms with van der Waals surface area (Å²) in [5.41, 5.74) is 1.53. The van der Waals surface area contributed by atoms with Crippen molar-refractivity contribution in [1.29, 1.82) is 0 Å². The van der Waals surface area contributed by atoms with E-state index in [1.165, 1.54) is 18.4 Å². The van der Waals surface area contributed by atoms with Crippen molar-refractivity contribution in [3.63, 3.8) is 0 Å². The summed E-state index contributed by atoms with van der Waals surface area (Å²) < 4.78 is 4.87. The van der Waals surface area contributed by atoms with Gasteiger partial charge in [0, 0.05) is 10.9 Å². The second-order valence-electron chi connectivity index (χ2n) is 5.65. The van der Waals surface area contributed by atoms with Crippen LogP contribution in [0.5, 0.6) is 0 Å². The molecule has 2 rings (SSSR count). The summed E-state index contributed by atoms with van der Waals surface area (Å²) in [5.74, 6) is -0.327. The number of anilines is 1. The molecule has 1 aromatic heterocycles. The van der Waals surface area contributed by atoms with Gasteiger partial charge in [0.2, 0.25) is 0 Å². The Kier molecular flexibility index (Phi) is 5.77. The van der Waals surface area contributed by atoms with Crippen LogP contribution in [0.1, 0.15) is 33.6 Å². The van der Waals surface area contributed by atoms with Crippen molar-refractivity contribution >= 4 is 39.6 Å². The van der Waals surface area contributed by atoms with Crippen molar-refractivity contribution in [1.82, 2.24) is 10.2 Å². The Bertz CT molecular complexity index is 563. The number of ether oxygens (including phenoxy) is 1. The number of esters is 1. The van der Waals surface area contributed by atoms with Crippen LogP contribution < -0.4 is 10.6 Å². The van der Waals surface area contributed by atoms with Gasteiger partial charge in [-0.25, -0.2) is 4.79 Å². The van der Waals surface area contributed by atoms with E-state index in [1.807, 2.05) is 13.8 Å². The number of carbonyl (C=O) groups is 1. The third-order valence-electron chi connectivity index (χ3n) is 4.06. The molecule has 0 unspecified atom stereocenters. The summed E-state index contributed by atoms with van der Waals surface area (Å²) in [6, 6.07) is 0.389. The Hall–Kier alpha value is -1.18. The monoisotopic (exact) mass is 341 g/mol. The molecular weight excluding hydrogens is 318 g/mol. The molecule has 0 amide bonds. The Morgan fingerprint density at radius 1 is 1.36 bits per heavy atom. The minimum absolute atomic E-state index is 0.327. The van der Waals surface area contributed by atoms with Gasteiger partial charge in [0.15, 0.2) is 5.11 Å². The molecule has 2 heterocycles. The predicted molar refractivity (Wildman–Crippen MR) is 95.0 cm³/mol. The van der Waals surface area contributed by atoms with E-state index in [1.54, 1.807) is 0 Å². The summed E-state index contributed by atoms with van der Waals surface area (Å²) in [4.78, 5) is 15.4. The first-order chi connectivity index (χ1) is 10.4. The largest absolute Gasteiger partial charge is 0.465 e. The Balaban J connectivity index is 2.02. The van der Waals surface area contributed by atoms with E-state index in [0.717, 1.165) is 41.4 Å². The quantitative estimate of drug-likeness (QED) is 0.651. The van der Waals surface area contributed by atoms with Gasteiger partial charge in [-0.05, 0) is 64.6 Å². The molecule has 2 N–H and O–H groups in total. The molecule has 5 nitrogen and oxygen atoms in total. The summed E-state index contributed by atoms with van der Waals surface area (Å²) in [6.07, 6.45) is 2.15. The van der Waals surface area contributed by atoms with Gasteiger partial charge in [-0.1, -0.05) is 0 Å². The van der Waals surface area contributed by atoms with Crippen LogP contribution in [-0.4, -0.2) is 49.3 Å². The molecule has 7 heteroatoms. The second kappa shape index (κ2) is 7.39. The number of nitrogens with zero attached hydrogens (tertiary/aromatic N) is 1. The van der Waals surface area contributed by atoms with Crippen molar-refractivity contribution in [3.8, 4) is 0 Å². The van der Waals surface area contributed by atoms with Crippen molar-refractivity contribution in [2.24, 2.45) is 0 Å². The fraction of sp³-hybridized carbons (Fsp3) is 0.600. The van der Waals surface area contributed by atoms with Crippen LogP contribution >= 0.6 is 23.6 Å². The smallest absolute Gasteiger partial charge is 0.341 e. The number of hydrogen-bond donors (Lipinski definition) is 2. The number of hydrogen-bond acceptors (Lipinski definition) is 5. The minimum Gasteiger partial charge on any atom is -0.465 e. The van der Waals surface area contributed by atoms with Gasteiger partial charge in [-0.3, -0.25) is 0 Å². The number of likely N-dealkylation sites (tertiary alicyclic amines) is 1. The van der Waals surface area contributed by atoms with Gasteiger partial charge in [0.25, 0.3) is 0 Å². The molecular formula is C15H23N3O2S2. The minimum atomic E-state index is -0.327. The molecule has 0 aromatic carbocycles. The first-order valence-electron chi connectivity index (χ1n) is 7.36. The molecule has 1 aromatic rings. The number of carbonyl (C=O) groups excluding carboxylic acids is 1. The summed E-state index contributed by atoms with van der Waals surface area (Å²) in [7, 11) is 3.53. The Morgan fingerprint density at radius 2 is 2.00 bits per heavy atom. The van der Waals surface area contributed by atoms with Gasteiger partial charge in [0.05, 0.1) is 12.7 Å². The van der Waals surface area contributed by atoms with E-state index >= 15 is 0 Å². The average molecular weight is 342 g/mol. The van der Waals surface area contributed by atoms with Crippen molar-refractivity contribution in [2.75, 3.05) is 32.6 Å². The molecule has 0 atom stereocenters. The molecule has 0 spiro atoms. The average Bonchev–Trinajstić information content (AvgIpc) is 2.75. The first kappa shape index (κ1) is 17.2. The maximum atomic E-state index is 12.0. The molecule has 0 aliphatic carbocycles. The molecule has 122 valence electrons. The van der Waals surface area contributed by atoms with Gasteiger partial charge in [-0.2, -0.15) is 0 Å². The van der Waals surface area contributed by atoms with Crippen LogP contribution in [0.25, 0.3) is 0 Å². The Labute approximate surface area is 141 Å². The third-order valence-corrected chi connectivity index (χ3v) is 5.40. The van der Waals surface area contributed by atoms with E-state index < -0.39 is 0 Å². The Morgan fingerprint density at radius 3 is 2.59 bits per heavy atom. The molecule has 22 heavy (non-hydrogen) atoms. The van der Waals surface area contributed by atoms with Gasteiger partial charge in [-0.15, -0.1) is 11.3 Å². The molecule has 0 bridgehead atoms. The highest BCUT2D eigenvalue weighted by atomic mass is 32.1. The fourth-order valence-corrected chi connectivity index (χ4v) is 3.93. The summed E-state index contributed by atoms with van der Waals surface area (Å²) in [6.45, 7) is 6.07. The standard InChI is InChI=1S/C15H23N3O2S2/c1-9-10(2)22-13(12(9)14(19)20-4)17-15(21)16-11-5-7-18(3)8-6-11/h11H,5-8H2,1-4H3,(H2,16,17,21). The number of piperidine rings is 1. The van der Waals surface area contributed by atoms with Crippen molar-refractivity contribution < 1.29 is 9.53 Å². The lowest BCUT2D eigenvalue weighted by Gasteiger charge is -2.30. The topological polar surface area (TPSA) is 53.6 Å². The van der Waals surface area contributed by atoms with Crippen molar-refractivity contribution in [3.05, 3.63) is 16.0 Å². The van der Waals surface area contributed by atoms with Gasteiger partial charge < -0.3 is 20.3 Å². The second-order valence-corrected chi connectivity index (χ2v) is 7.29. The van der Waals surface area contributed by atoms with Crippen molar-refractivity contribution in [2.45, 2.75) is 32.7 Å². The van der Waals surface area contributed by atoms with E-state index in [0.29, 0.717) is 16.7 Å². The highest BCUT2D eigenvalue weighted by Gasteiger charge is 2.22. The maximum Gasteiger partial charge on any atom is 0.341 e. The normalized spacial score (nSPS) is 16.4. The molecule has 1 aliphatic heterocycles. The van der Waals surface area contributed by atoms with Gasteiger partial charge >= 0.3 is 5.97 Å². The van der Waals surface area contributed by atoms with Crippen LogP contribution in [0.2, 0.25) is 0 Å². The first-order valence-corrected chi connectivity index (χ1v) is 8.59. The van der Waals surface area contributed by atoms with E-state index in [2.05, 4.69) is 22.6 Å². The van der Waals surface area contributed by atoms with E-state index in [4.69, 9.17) is 17.0 Å². The van der Waals surface area contributed by atoms with Crippen LogP contribution in [0, 0.1) is 13.8 Å². The SMILES string of the molecule is COC(=O)c1c(NC(=S)NC2CCN(C)CC2)sc(C)c1C. The van der Waals surface area contributed by atoms with Crippen LogP contribution in [0.4, 0.5) is 5.00 Å². The van der Waals surface area contributed by atoms with Crippen LogP contribution in [0.3, 0.4) is 0 Å². The molecule has 1 aliphatic rings. The fourth-order valence-electron chi connectivity index (χ4n) is 2.54. The van der Waals surface area contributed by atoms with E-state index in [-0.39, 0.29) is 5.97 Å². The number of thiocarbonyl (C=S) groups is 1. The number of nitrogens with one attached hydrogen (secondary N) is 2. The zero-order chi connectivity index (χ0) is 16.3. The lowest BCUT2D eigenvalue weighted by molar-refractivity contribution is 0.0601. The zero-order valence-electron chi connectivity index (χ0n) is 13.5. The number of methoxy groups -OCH3 is 1. The van der Waals surface area contributed by atoms with E-state index in [9.17, 15) is 4.79 Å². The molecule has 1 saturated heterocycles. The lowest BCUT2D eigenvalue weighted by atomic mass is 10.1. The number of thiophene rings is 1. The predicted octanol–water partition coefficient (Wildman–Crippen LogP) is 2.53. The number of rotatable bonds is 3. The zero-order valence-corrected chi connectivity index (χ0v) is 15.1. The summed E-state index contributed by atoms with van der Waals surface area (Å²) >= 11 is 6.93. The molecule has 0 radical (unpaired) electrons. The maximum absolute atomic E-state index is 12.0. The highest BCUT2D eigenvalue weighted by Crippen LogP contribution is 2.32.